The molecule has 0 unspecified atom stereocenters. The number of pyridine rings is 1. The number of primary amides is 1. The minimum atomic E-state index is -1.85. The molecule has 2 N–H and O–H groups in total. The van der Waals surface area contributed by atoms with Crippen molar-refractivity contribution in [3.05, 3.63) is 30.1 Å². The molecular weight excluding hydrogens is 353 g/mol. The van der Waals surface area contributed by atoms with Crippen molar-refractivity contribution in [3.8, 4) is 0 Å². The van der Waals surface area contributed by atoms with E-state index >= 15 is 0 Å². The second kappa shape index (κ2) is 7.07. The van der Waals surface area contributed by atoms with Crippen molar-refractivity contribution in [2.45, 2.75) is 7.59 Å². The lowest BCUT2D eigenvalue weighted by Crippen LogP contribution is -2.23. The predicted octanol–water partition coefficient (Wildman–Crippen LogP) is 3.91. The van der Waals surface area contributed by atoms with Crippen LogP contribution in [0.1, 0.15) is 10.4 Å². The van der Waals surface area contributed by atoms with Gasteiger partial charge in [0.2, 0.25) is 13.5 Å². The molecule has 1 rings (SSSR count). The average molecular weight is 359 g/mol. The Morgan fingerprint density at radius 3 is 1.76 bits per heavy atom. The lowest BCUT2D eigenvalue weighted by molar-refractivity contribution is 0.1000. The summed E-state index contributed by atoms with van der Waals surface area (Å²) in [6.45, 7) is 0. The second-order valence-corrected chi connectivity index (χ2v) is 7.16. The van der Waals surface area contributed by atoms with E-state index in [-0.39, 0.29) is 0 Å². The third-order valence-corrected chi connectivity index (χ3v) is 3.84. The Morgan fingerprint density at radius 2 is 1.59 bits per heavy atom. The van der Waals surface area contributed by atoms with Gasteiger partial charge in [-0.1, -0.05) is 69.6 Å². The van der Waals surface area contributed by atoms with Gasteiger partial charge in [-0.2, -0.15) is 0 Å². The van der Waals surface area contributed by atoms with E-state index in [9.17, 15) is 4.79 Å². The van der Waals surface area contributed by atoms with Crippen LogP contribution in [0.4, 0.5) is 0 Å². The van der Waals surface area contributed by atoms with Crippen LogP contribution in [0.15, 0.2) is 24.5 Å². The third kappa shape index (κ3) is 7.39. The molecule has 1 aromatic rings. The van der Waals surface area contributed by atoms with E-state index < -0.39 is 13.5 Å². The molecule has 0 bridgehead atoms. The molecule has 0 atom stereocenters. The zero-order valence-corrected chi connectivity index (χ0v) is 12.5. The minimum absolute atomic E-state index is 0.442. The maximum Gasteiger partial charge on any atom is 0.250 e. The van der Waals surface area contributed by atoms with Crippen molar-refractivity contribution in [2.24, 2.45) is 5.73 Å². The molecule has 0 aliphatic rings. The fourth-order valence-electron chi connectivity index (χ4n) is 0.509. The van der Waals surface area contributed by atoms with Gasteiger partial charge in [-0.05, 0) is 12.1 Å². The molecule has 0 saturated heterocycles. The summed E-state index contributed by atoms with van der Waals surface area (Å²) >= 11 is 30.9. The normalized spacial score (nSPS) is 11.4. The highest BCUT2D eigenvalue weighted by molar-refractivity contribution is 6.83. The van der Waals surface area contributed by atoms with Gasteiger partial charge in [0.1, 0.15) is 0 Å². The van der Waals surface area contributed by atoms with Crippen LogP contribution in [0.2, 0.25) is 0 Å². The average Bonchev–Trinajstić information content (AvgIpc) is 2.17. The fourth-order valence-corrected chi connectivity index (χ4v) is 0.509. The highest BCUT2D eigenvalue weighted by Crippen LogP contribution is 2.48. The van der Waals surface area contributed by atoms with Crippen LogP contribution in [0, 0.1) is 0 Å². The van der Waals surface area contributed by atoms with Crippen molar-refractivity contribution in [1.29, 1.82) is 0 Å². The Morgan fingerprint density at radius 1 is 1.12 bits per heavy atom. The van der Waals surface area contributed by atoms with Crippen molar-refractivity contribution in [1.82, 2.24) is 4.98 Å². The number of amides is 1. The van der Waals surface area contributed by atoms with Gasteiger partial charge in [0.25, 0.3) is 0 Å². The molecule has 1 aromatic heterocycles. The molecule has 0 saturated carbocycles. The van der Waals surface area contributed by atoms with Gasteiger partial charge < -0.3 is 5.73 Å². The zero-order chi connectivity index (χ0) is 13.7. The number of alkyl halides is 6. The van der Waals surface area contributed by atoms with Gasteiger partial charge in [0, 0.05) is 12.4 Å². The summed E-state index contributed by atoms with van der Waals surface area (Å²) in [5.74, 6) is -0.442. The summed E-state index contributed by atoms with van der Waals surface area (Å²) in [7, 11) is 0. The molecule has 9 heteroatoms. The van der Waals surface area contributed by atoms with Crippen molar-refractivity contribution >= 4 is 75.5 Å². The Labute approximate surface area is 128 Å². The summed E-state index contributed by atoms with van der Waals surface area (Å²) in [6, 6.07) is 3.29. The Kier molecular flexibility index (Phi) is 7.22. The molecule has 17 heavy (non-hydrogen) atoms. The molecule has 1 heterocycles. The molecule has 0 aromatic carbocycles. The van der Waals surface area contributed by atoms with Crippen molar-refractivity contribution in [2.75, 3.05) is 0 Å². The van der Waals surface area contributed by atoms with E-state index in [2.05, 4.69) is 4.98 Å². The van der Waals surface area contributed by atoms with E-state index in [0.717, 1.165) is 0 Å². The SMILES string of the molecule is ClC(Cl)(Cl)C(Cl)(Cl)Cl.NC(=O)c1cccnc1. The molecule has 0 aliphatic carbocycles. The first-order valence-corrected chi connectivity index (χ1v) is 6.15. The van der Waals surface area contributed by atoms with E-state index in [4.69, 9.17) is 75.3 Å². The Bertz CT molecular complexity index is 347. The first-order chi connectivity index (χ1) is 7.55. The van der Waals surface area contributed by atoms with Gasteiger partial charge in [0.05, 0.1) is 5.56 Å². The Hall–Kier alpha value is 0.360. The van der Waals surface area contributed by atoms with Gasteiger partial charge in [0.15, 0.2) is 0 Å². The topological polar surface area (TPSA) is 56.0 Å². The molecule has 3 nitrogen and oxygen atoms in total. The largest absolute Gasteiger partial charge is 0.366 e. The predicted molar refractivity (Wildman–Crippen MR) is 73.3 cm³/mol. The number of nitrogens with two attached hydrogens (primary N) is 1. The monoisotopic (exact) mass is 356 g/mol. The smallest absolute Gasteiger partial charge is 0.250 e. The van der Waals surface area contributed by atoms with Crippen LogP contribution >= 0.6 is 69.6 Å². The summed E-state index contributed by atoms with van der Waals surface area (Å²) in [4.78, 5) is 14.1. The lowest BCUT2D eigenvalue weighted by atomic mass is 10.3. The standard InChI is InChI=1S/C6H6N2O.C2Cl6/c7-6(9)5-2-1-3-8-4-5;3-1(4,5)2(6,7)8/h1-4H,(H2,7,9);. The maximum atomic E-state index is 10.4. The molecule has 1 amide bonds. The van der Waals surface area contributed by atoms with Crippen LogP contribution in [0.5, 0.6) is 0 Å². The van der Waals surface area contributed by atoms with E-state index in [0.29, 0.717) is 5.56 Å². The maximum absolute atomic E-state index is 10.4. The summed E-state index contributed by atoms with van der Waals surface area (Å²) in [5, 5.41) is 0. The third-order valence-electron chi connectivity index (χ3n) is 1.27. The number of nitrogens with zero attached hydrogens (tertiary/aromatic N) is 1. The quantitative estimate of drug-likeness (QED) is 0.774. The van der Waals surface area contributed by atoms with Crippen LogP contribution in [-0.4, -0.2) is 18.5 Å². The van der Waals surface area contributed by atoms with E-state index in [1.807, 2.05) is 0 Å². The molecule has 96 valence electrons. The van der Waals surface area contributed by atoms with Crippen molar-refractivity contribution in [3.63, 3.8) is 0 Å². The first kappa shape index (κ1) is 17.4. The summed E-state index contributed by atoms with van der Waals surface area (Å²) in [6.07, 6.45) is 3.02. The minimum Gasteiger partial charge on any atom is -0.366 e. The zero-order valence-electron chi connectivity index (χ0n) is 8.01. The number of rotatable bonds is 1. The van der Waals surface area contributed by atoms with Crippen LogP contribution < -0.4 is 5.73 Å². The fraction of sp³-hybridized carbons (Fsp3) is 0.250. The van der Waals surface area contributed by atoms with E-state index in [1.165, 1.54) is 6.20 Å². The van der Waals surface area contributed by atoms with E-state index in [1.54, 1.807) is 18.3 Å². The van der Waals surface area contributed by atoms with Gasteiger partial charge in [-0.25, -0.2) is 0 Å². The molecule has 0 fully saturated rings. The molecule has 0 radical (unpaired) electrons. The Balaban J connectivity index is 0.000000304. The first-order valence-electron chi connectivity index (χ1n) is 3.89. The lowest BCUT2D eigenvalue weighted by Gasteiger charge is -2.19. The number of carbonyl (C=O) groups is 1. The van der Waals surface area contributed by atoms with Gasteiger partial charge >= 0.3 is 0 Å². The van der Waals surface area contributed by atoms with Gasteiger partial charge in [-0.15, -0.1) is 0 Å². The molecule has 0 aliphatic heterocycles. The number of halogens is 6. The highest BCUT2D eigenvalue weighted by atomic mass is 35.6. The number of hydrogen-bond acceptors (Lipinski definition) is 2. The van der Waals surface area contributed by atoms with Gasteiger partial charge in [-0.3, -0.25) is 9.78 Å². The highest BCUT2D eigenvalue weighted by Gasteiger charge is 2.43. The van der Waals surface area contributed by atoms with Crippen LogP contribution in [-0.2, 0) is 0 Å². The van der Waals surface area contributed by atoms with Crippen LogP contribution in [0.25, 0.3) is 0 Å². The summed E-state index contributed by atoms with van der Waals surface area (Å²) < 4.78 is -3.70. The number of carbonyl (C=O) groups excluding carboxylic acids is 1. The number of hydrogen-bond donors (Lipinski definition) is 1. The van der Waals surface area contributed by atoms with Crippen molar-refractivity contribution < 1.29 is 4.79 Å². The van der Waals surface area contributed by atoms with Crippen LogP contribution in [0.3, 0.4) is 0 Å². The molecular formula is C8H6Cl6N2O. The molecule has 0 spiro atoms. The summed E-state index contributed by atoms with van der Waals surface area (Å²) in [5.41, 5.74) is 5.38. The second-order valence-electron chi connectivity index (χ2n) is 2.60. The number of aromatic nitrogens is 1.